The lowest BCUT2D eigenvalue weighted by atomic mass is 10.1. The van der Waals surface area contributed by atoms with Gasteiger partial charge in [-0.25, -0.2) is 14.8 Å². The second-order valence-electron chi connectivity index (χ2n) is 11.8. The molecular formula is C30H40N8O3. The highest BCUT2D eigenvalue weighted by Gasteiger charge is 2.35. The fourth-order valence-corrected chi connectivity index (χ4v) is 5.53. The normalized spacial score (nSPS) is 16.9. The van der Waals surface area contributed by atoms with Gasteiger partial charge in [0.1, 0.15) is 28.8 Å². The minimum atomic E-state index is -0.614. The molecule has 2 aliphatic rings. The molecule has 0 radical (unpaired) electrons. The molecule has 1 atom stereocenters. The molecule has 1 fully saturated rings. The van der Waals surface area contributed by atoms with Gasteiger partial charge < -0.3 is 19.1 Å². The molecule has 218 valence electrons. The van der Waals surface area contributed by atoms with Crippen LogP contribution in [0.4, 0.5) is 16.4 Å². The van der Waals surface area contributed by atoms with Crippen LogP contribution in [0.2, 0.25) is 0 Å². The van der Waals surface area contributed by atoms with E-state index in [1.165, 1.54) is 4.90 Å². The molecule has 0 saturated carbocycles. The minimum Gasteiger partial charge on any atom is -0.444 e. The Kier molecular flexibility index (Phi) is 7.72. The maximum atomic E-state index is 13.9. The molecule has 2 amide bonds. The van der Waals surface area contributed by atoms with Crippen LogP contribution in [0.25, 0.3) is 11.5 Å². The predicted molar refractivity (Wildman–Crippen MR) is 157 cm³/mol. The third kappa shape index (κ3) is 5.62. The van der Waals surface area contributed by atoms with E-state index in [4.69, 9.17) is 14.7 Å². The zero-order valence-electron chi connectivity index (χ0n) is 25.1. The first-order valence-corrected chi connectivity index (χ1v) is 14.5. The van der Waals surface area contributed by atoms with Crippen molar-refractivity contribution in [1.29, 1.82) is 0 Å². The summed E-state index contributed by atoms with van der Waals surface area (Å²) in [4.78, 5) is 42.1. The molecule has 0 bridgehead atoms. The average Bonchev–Trinajstić information content (AvgIpc) is 3.64. The number of ether oxygens (including phenoxy) is 1. The number of aromatic nitrogens is 5. The quantitative estimate of drug-likeness (QED) is 0.404. The van der Waals surface area contributed by atoms with E-state index < -0.39 is 11.7 Å². The first kappa shape index (κ1) is 28.5. The lowest BCUT2D eigenvalue weighted by Gasteiger charge is -2.26. The van der Waals surface area contributed by atoms with E-state index in [0.717, 1.165) is 49.6 Å². The lowest BCUT2D eigenvalue weighted by Crippen LogP contribution is -2.34. The third-order valence-corrected chi connectivity index (χ3v) is 7.63. The van der Waals surface area contributed by atoms with Gasteiger partial charge in [-0.2, -0.15) is 0 Å². The van der Waals surface area contributed by atoms with Gasteiger partial charge in [0.05, 0.1) is 24.3 Å². The van der Waals surface area contributed by atoms with Crippen LogP contribution >= 0.6 is 0 Å². The maximum Gasteiger partial charge on any atom is 0.410 e. The largest absolute Gasteiger partial charge is 0.444 e. The Bertz CT molecular complexity index is 1460. The third-order valence-electron chi connectivity index (χ3n) is 7.63. The number of hydrogen-bond donors (Lipinski definition) is 0. The van der Waals surface area contributed by atoms with E-state index in [-0.39, 0.29) is 12.5 Å². The van der Waals surface area contributed by atoms with E-state index in [0.29, 0.717) is 41.2 Å². The van der Waals surface area contributed by atoms with E-state index in [9.17, 15) is 9.59 Å². The summed E-state index contributed by atoms with van der Waals surface area (Å²) in [6.07, 6.45) is 2.48. The summed E-state index contributed by atoms with van der Waals surface area (Å²) in [7, 11) is 1.70. The van der Waals surface area contributed by atoms with Crippen molar-refractivity contribution >= 4 is 23.6 Å². The molecule has 11 nitrogen and oxygen atoms in total. The van der Waals surface area contributed by atoms with Gasteiger partial charge in [-0.15, -0.1) is 10.2 Å². The van der Waals surface area contributed by atoms with Crippen LogP contribution in [0, 0.1) is 0 Å². The first-order chi connectivity index (χ1) is 19.5. The minimum absolute atomic E-state index is 0.132. The molecule has 2 aliphatic heterocycles. The molecule has 1 saturated heterocycles. The Labute approximate surface area is 241 Å². The lowest BCUT2D eigenvalue weighted by molar-refractivity contribution is 0.0282. The molecule has 11 heteroatoms. The highest BCUT2D eigenvalue weighted by Crippen LogP contribution is 2.34. The fourth-order valence-electron chi connectivity index (χ4n) is 5.53. The number of fused-ring (bicyclic) bond motifs is 1. The zero-order chi connectivity index (χ0) is 29.5. The summed E-state index contributed by atoms with van der Waals surface area (Å²) in [5, 5.41) is 8.71. The van der Waals surface area contributed by atoms with Gasteiger partial charge in [0.15, 0.2) is 5.82 Å². The number of carbonyl (C=O) groups excluding carboxylic acids is 2. The second kappa shape index (κ2) is 11.1. The number of amides is 2. The van der Waals surface area contributed by atoms with Crippen LogP contribution < -0.4 is 9.80 Å². The van der Waals surface area contributed by atoms with Gasteiger partial charge in [0.25, 0.3) is 5.91 Å². The van der Waals surface area contributed by atoms with Crippen molar-refractivity contribution in [3.05, 3.63) is 46.9 Å². The van der Waals surface area contributed by atoms with E-state index >= 15 is 0 Å². The number of rotatable bonds is 7. The van der Waals surface area contributed by atoms with Gasteiger partial charge in [-0.3, -0.25) is 9.69 Å². The Morgan fingerprint density at radius 2 is 1.93 bits per heavy atom. The summed E-state index contributed by atoms with van der Waals surface area (Å²) < 4.78 is 7.63. The summed E-state index contributed by atoms with van der Waals surface area (Å²) in [6, 6.07) is 7.85. The van der Waals surface area contributed by atoms with Crippen molar-refractivity contribution in [1.82, 2.24) is 29.6 Å². The van der Waals surface area contributed by atoms with Crippen LogP contribution in [-0.4, -0.2) is 66.9 Å². The van der Waals surface area contributed by atoms with Crippen LogP contribution in [0.1, 0.15) is 81.8 Å². The SMILES string of the molecule is CCc1nnc(-c2cccc(N3Cc4c(cc(N5CCC[C@H]5C)nc4CN(C)C(=O)OC(C)(C)C)C3=O)n2)n1CC. The highest BCUT2D eigenvalue weighted by molar-refractivity contribution is 6.10. The number of pyridine rings is 2. The topological polar surface area (TPSA) is 110 Å². The molecular weight excluding hydrogens is 520 g/mol. The highest BCUT2D eigenvalue weighted by atomic mass is 16.6. The van der Waals surface area contributed by atoms with Gasteiger partial charge in [0.2, 0.25) is 0 Å². The second-order valence-corrected chi connectivity index (χ2v) is 11.8. The number of nitrogens with zero attached hydrogens (tertiary/aromatic N) is 8. The Hall–Kier alpha value is -4.02. The molecule has 0 aromatic carbocycles. The van der Waals surface area contributed by atoms with E-state index in [2.05, 4.69) is 28.9 Å². The average molecular weight is 561 g/mol. The molecule has 0 aliphatic carbocycles. The van der Waals surface area contributed by atoms with Gasteiger partial charge >= 0.3 is 6.09 Å². The zero-order valence-corrected chi connectivity index (χ0v) is 25.1. The fraction of sp³-hybridized carbons (Fsp3) is 0.533. The van der Waals surface area contributed by atoms with Crippen LogP contribution in [0.3, 0.4) is 0 Å². The summed E-state index contributed by atoms with van der Waals surface area (Å²) in [5.41, 5.74) is 2.14. The number of carbonyl (C=O) groups is 2. The van der Waals surface area contributed by atoms with Gasteiger partial charge in [0, 0.05) is 38.2 Å². The van der Waals surface area contributed by atoms with E-state index in [1.54, 1.807) is 11.9 Å². The predicted octanol–water partition coefficient (Wildman–Crippen LogP) is 4.83. The molecule has 0 N–H and O–H groups in total. The van der Waals surface area contributed by atoms with Crippen LogP contribution in [-0.2, 0) is 30.8 Å². The summed E-state index contributed by atoms with van der Waals surface area (Å²) >= 11 is 0. The standard InChI is InChI=1S/C30H40N8O3/c1-8-24-33-34-27(36(24)9-2)22-13-10-14-25(31-22)38-17-21-20(28(38)39)16-26(37-15-11-12-19(37)3)32-23(21)18-35(7)29(40)41-30(4,5)6/h10,13-14,16,19H,8-9,11-12,15,17-18H2,1-7H3/t19-/m1/s1. The number of anilines is 2. The Morgan fingerprint density at radius 3 is 2.59 bits per heavy atom. The van der Waals surface area contributed by atoms with Crippen molar-refractivity contribution in [3.8, 4) is 11.5 Å². The van der Waals surface area contributed by atoms with Crippen molar-refractivity contribution in [2.24, 2.45) is 0 Å². The van der Waals surface area contributed by atoms with Crippen molar-refractivity contribution in [2.75, 3.05) is 23.4 Å². The monoisotopic (exact) mass is 560 g/mol. The Morgan fingerprint density at radius 1 is 1.15 bits per heavy atom. The molecule has 3 aromatic heterocycles. The molecule has 0 unspecified atom stereocenters. The maximum absolute atomic E-state index is 13.9. The number of hydrogen-bond acceptors (Lipinski definition) is 8. The van der Waals surface area contributed by atoms with Crippen LogP contribution in [0.5, 0.6) is 0 Å². The molecule has 3 aromatic rings. The smallest absolute Gasteiger partial charge is 0.410 e. The first-order valence-electron chi connectivity index (χ1n) is 14.5. The van der Waals surface area contributed by atoms with Crippen molar-refractivity contribution < 1.29 is 14.3 Å². The van der Waals surface area contributed by atoms with Crippen LogP contribution in [0.15, 0.2) is 24.3 Å². The molecule has 41 heavy (non-hydrogen) atoms. The van der Waals surface area contributed by atoms with Crippen molar-refractivity contribution in [2.45, 2.75) is 92.1 Å². The van der Waals surface area contributed by atoms with Gasteiger partial charge in [-0.1, -0.05) is 13.0 Å². The Balaban J connectivity index is 1.50. The summed E-state index contributed by atoms with van der Waals surface area (Å²) in [6.45, 7) is 13.9. The molecule has 0 spiro atoms. The number of aryl methyl sites for hydroxylation is 1. The summed E-state index contributed by atoms with van der Waals surface area (Å²) in [5.74, 6) is 2.75. The van der Waals surface area contributed by atoms with Gasteiger partial charge in [-0.05, 0) is 65.7 Å². The molecule has 5 heterocycles. The van der Waals surface area contributed by atoms with Crippen molar-refractivity contribution in [3.63, 3.8) is 0 Å². The van der Waals surface area contributed by atoms with E-state index in [1.807, 2.05) is 56.5 Å². The molecule has 5 rings (SSSR count).